The molecule has 4 atom stereocenters. The summed E-state index contributed by atoms with van der Waals surface area (Å²) in [4.78, 5) is 135. The second kappa shape index (κ2) is 26.5. The maximum atomic E-state index is 12.7. The van der Waals surface area contributed by atoms with Gasteiger partial charge >= 0.3 is 24.4 Å². The van der Waals surface area contributed by atoms with Crippen LogP contribution in [0.2, 0.25) is 0 Å². The van der Waals surface area contributed by atoms with Gasteiger partial charge in [-0.2, -0.15) is 28.8 Å². The highest BCUT2D eigenvalue weighted by molar-refractivity contribution is 9.10. The first kappa shape index (κ1) is 54.9. The predicted octanol–water partition coefficient (Wildman–Crippen LogP) is 1.71. The summed E-state index contributed by atoms with van der Waals surface area (Å²) in [6, 6.07) is 1.45. The molecule has 7 rings (SSSR count). The third-order valence-corrected chi connectivity index (χ3v) is 11.7. The molecule has 3 aromatic rings. The second-order valence-electron chi connectivity index (χ2n) is 13.8. The van der Waals surface area contributed by atoms with E-state index in [0.717, 1.165) is 12.8 Å². The van der Waals surface area contributed by atoms with Crippen molar-refractivity contribution in [2.75, 3.05) is 19.8 Å². The van der Waals surface area contributed by atoms with E-state index in [-0.39, 0.29) is 84.6 Å². The van der Waals surface area contributed by atoms with Crippen LogP contribution >= 0.6 is 31.9 Å². The third-order valence-electron chi connectivity index (χ3n) is 10.1. The molecule has 2 fully saturated rings. The number of fused-ring (bicyclic) bond motifs is 4. The molecule has 0 bridgehead atoms. The standard InChI is InChI=1S/C14H17BrN2O3.C12H14BrNO4.C12H14N2O4.3CO2/c1-3-9-6-16-7-10-17(8(2)4-5-20-10)14(19)12(16)11(15)13(9)18;1-3-9-10(13)11(16)8(12(17)18-4-2)7-14(9)5-6-15;1-7-3-5-18-9-6-13-4-2-8(15)11(16)10(13)12(17)14(7)9;3*2-1-3/h6,8,10H,3-5,7H2,1-2H3;6-7H,3-5H2,1-2H3;2,4,7,9,16H,3,5-6H2,1H3;;;/t8-,10+;;7-,9+;;;/m1.1.../s1. The van der Waals surface area contributed by atoms with Gasteiger partial charge in [-0.3, -0.25) is 24.0 Å². The Bertz CT molecular complexity index is 2470. The fourth-order valence-corrected chi connectivity index (χ4v) is 8.52. The zero-order valence-corrected chi connectivity index (χ0v) is 38.9. The SMILES string of the molecule is CCOC(=O)c1cn(CC=O)c(CC)c(Br)c1=O.CCc1cn2c(c(Br)c1=O)C(=O)N1[C@H](C)CCO[C@H]1C2.C[C@@H]1CCO[C@H]2Cn3ccc(=O)c(O)c3C(=O)N12.O=C=O.O=C=O.O=C=O. The van der Waals surface area contributed by atoms with Crippen LogP contribution in [0, 0.1) is 0 Å². The van der Waals surface area contributed by atoms with Gasteiger partial charge in [0.2, 0.25) is 10.9 Å². The number of aromatic nitrogens is 3. The zero-order chi connectivity index (χ0) is 49.1. The number of esters is 1. The van der Waals surface area contributed by atoms with E-state index in [2.05, 4.69) is 31.9 Å². The lowest BCUT2D eigenvalue weighted by Gasteiger charge is -2.44. The van der Waals surface area contributed by atoms with Gasteiger partial charge in [0.1, 0.15) is 17.5 Å². The Balaban J connectivity index is 0.000000307. The summed E-state index contributed by atoms with van der Waals surface area (Å²) in [7, 11) is 0. The molecule has 22 nitrogen and oxygen atoms in total. The van der Waals surface area contributed by atoms with Gasteiger partial charge in [0.05, 0.1) is 48.4 Å². The van der Waals surface area contributed by atoms with Crippen molar-refractivity contribution in [3.8, 4) is 5.75 Å². The molecule has 3 aromatic heterocycles. The normalized spacial score (nSPS) is 18.4. The highest BCUT2D eigenvalue weighted by atomic mass is 79.9. The minimum atomic E-state index is -0.675. The number of amides is 2. The van der Waals surface area contributed by atoms with E-state index in [1.807, 2.05) is 32.3 Å². The lowest BCUT2D eigenvalue weighted by atomic mass is 10.1. The van der Waals surface area contributed by atoms with Gasteiger partial charge < -0.3 is 47.6 Å². The van der Waals surface area contributed by atoms with Crippen LogP contribution in [0.1, 0.15) is 90.1 Å². The number of carbonyl (C=O) groups excluding carboxylic acids is 10. The second-order valence-corrected chi connectivity index (χ2v) is 15.4. The smallest absolute Gasteiger partial charge is 0.373 e. The number of nitrogens with zero attached hydrogens (tertiary/aromatic N) is 5. The maximum Gasteiger partial charge on any atom is 0.373 e. The number of aryl methyl sites for hydroxylation is 1. The monoisotopic (exact) mass is 1040 g/mol. The molecule has 4 aliphatic rings. The van der Waals surface area contributed by atoms with Crippen LogP contribution in [0.5, 0.6) is 5.75 Å². The van der Waals surface area contributed by atoms with Gasteiger partial charge in [0.25, 0.3) is 11.8 Å². The number of aromatic hydroxyl groups is 1. The summed E-state index contributed by atoms with van der Waals surface area (Å²) in [5.74, 6) is -1.61. The largest absolute Gasteiger partial charge is 0.503 e. The number of carbonyl (C=O) groups is 4. The van der Waals surface area contributed by atoms with Crippen molar-refractivity contribution in [1.29, 1.82) is 0 Å². The van der Waals surface area contributed by atoms with Crippen LogP contribution < -0.4 is 16.3 Å². The van der Waals surface area contributed by atoms with Crippen molar-refractivity contribution in [3.05, 3.63) is 92.5 Å². The Hall–Kier alpha value is -6.25. The lowest BCUT2D eigenvalue weighted by Crippen LogP contribution is -2.57. The average Bonchev–Trinajstić information content (AvgIpc) is 3.26. The zero-order valence-electron chi connectivity index (χ0n) is 35.7. The molecule has 4 aliphatic heterocycles. The first-order chi connectivity index (χ1) is 30.9. The molecule has 0 unspecified atom stereocenters. The van der Waals surface area contributed by atoms with Crippen molar-refractivity contribution in [2.45, 2.75) is 104 Å². The summed E-state index contributed by atoms with van der Waals surface area (Å²) >= 11 is 6.49. The molecular weight excluding hydrogens is 994 g/mol. The minimum Gasteiger partial charge on any atom is -0.503 e. The molecular formula is C41H45Br2N5O17. The summed E-state index contributed by atoms with van der Waals surface area (Å²) in [6.45, 7) is 12.0. The van der Waals surface area contributed by atoms with Crippen molar-refractivity contribution in [2.24, 2.45) is 0 Å². The molecule has 7 heterocycles. The van der Waals surface area contributed by atoms with Gasteiger partial charge in [-0.1, -0.05) is 13.8 Å². The Kier molecular flexibility index (Phi) is 22.4. The third kappa shape index (κ3) is 13.2. The number of rotatable bonds is 6. The minimum absolute atomic E-state index is 0.0553. The van der Waals surface area contributed by atoms with Crippen LogP contribution in [0.15, 0.2) is 48.0 Å². The topological polar surface area (TPSA) is 291 Å². The van der Waals surface area contributed by atoms with Gasteiger partial charge in [-0.25, -0.2) is 4.79 Å². The Morgan fingerprint density at radius 1 is 0.785 bits per heavy atom. The molecule has 24 heteroatoms. The number of hydrogen-bond acceptors (Lipinski definition) is 17. The number of hydrogen-bond donors (Lipinski definition) is 1. The first-order valence-electron chi connectivity index (χ1n) is 19.7. The first-order valence-corrected chi connectivity index (χ1v) is 21.3. The molecule has 0 aromatic carbocycles. The molecule has 65 heavy (non-hydrogen) atoms. The van der Waals surface area contributed by atoms with Crippen LogP contribution in [0.25, 0.3) is 0 Å². The molecule has 0 spiro atoms. The van der Waals surface area contributed by atoms with Gasteiger partial charge in [0.15, 0.2) is 29.3 Å². The van der Waals surface area contributed by atoms with Crippen LogP contribution in [-0.4, -0.2) is 115 Å². The number of ether oxygens (including phenoxy) is 3. The molecule has 350 valence electrons. The van der Waals surface area contributed by atoms with E-state index in [9.17, 15) is 38.7 Å². The van der Waals surface area contributed by atoms with E-state index in [4.69, 9.17) is 43.0 Å². The lowest BCUT2D eigenvalue weighted by molar-refractivity contribution is -0.193. The van der Waals surface area contributed by atoms with Crippen LogP contribution in [-0.2, 0) is 80.2 Å². The molecule has 2 amide bonds. The summed E-state index contributed by atoms with van der Waals surface area (Å²) in [5, 5.41) is 9.77. The van der Waals surface area contributed by atoms with E-state index < -0.39 is 22.6 Å². The van der Waals surface area contributed by atoms with Crippen LogP contribution in [0.3, 0.4) is 0 Å². The van der Waals surface area contributed by atoms with E-state index in [1.54, 1.807) is 32.1 Å². The van der Waals surface area contributed by atoms with Gasteiger partial charge in [-0.15, -0.1) is 0 Å². The summed E-state index contributed by atoms with van der Waals surface area (Å²) in [6.07, 6.45) is 8.44. The van der Waals surface area contributed by atoms with Gasteiger partial charge in [0, 0.05) is 48.0 Å². The van der Waals surface area contributed by atoms with E-state index in [0.29, 0.717) is 71.3 Å². The van der Waals surface area contributed by atoms with E-state index in [1.165, 1.54) is 18.5 Å². The highest BCUT2D eigenvalue weighted by Crippen LogP contribution is 2.30. The number of aldehydes is 1. The molecule has 2 saturated heterocycles. The maximum absolute atomic E-state index is 12.7. The van der Waals surface area contributed by atoms with Crippen molar-refractivity contribution < 1.29 is 67.3 Å². The van der Waals surface area contributed by atoms with Crippen LogP contribution in [0.4, 0.5) is 0 Å². The summed E-state index contributed by atoms with van der Waals surface area (Å²) in [5.41, 5.74) is 0.813. The molecule has 0 radical (unpaired) electrons. The van der Waals surface area contributed by atoms with Crippen molar-refractivity contribution >= 4 is 74.4 Å². The van der Waals surface area contributed by atoms with Gasteiger partial charge in [-0.05, 0) is 78.3 Å². The average molecular weight is 1040 g/mol. The van der Waals surface area contributed by atoms with Crippen molar-refractivity contribution in [3.63, 3.8) is 0 Å². The Morgan fingerprint density at radius 2 is 1.29 bits per heavy atom. The molecule has 0 saturated carbocycles. The van der Waals surface area contributed by atoms with Crippen molar-refractivity contribution in [1.82, 2.24) is 23.5 Å². The number of pyridine rings is 3. The molecule has 1 N–H and O–H groups in total. The predicted molar refractivity (Wildman–Crippen MR) is 225 cm³/mol. The summed E-state index contributed by atoms with van der Waals surface area (Å²) < 4.78 is 21.8. The Labute approximate surface area is 386 Å². The fourth-order valence-electron chi connectivity index (χ4n) is 7.14. The fraction of sp³-hybridized carbons (Fsp3) is 0.463. The quantitative estimate of drug-likeness (QED) is 0.272. The number of halogens is 2. The highest BCUT2D eigenvalue weighted by Gasteiger charge is 2.41. The molecule has 0 aliphatic carbocycles. The van der Waals surface area contributed by atoms with E-state index >= 15 is 0 Å². The Morgan fingerprint density at radius 3 is 1.77 bits per heavy atom.